The van der Waals surface area contributed by atoms with E-state index in [2.05, 4.69) is 10.6 Å². The SMILES string of the molecule is CCC(C(=O)O)c1cccc(NCc2ccc(-c3c(NC(=O)OC(C)c4ccccc4)c(=O)n(C)n3C)cc2)c1. The van der Waals surface area contributed by atoms with Crippen molar-refractivity contribution >= 4 is 23.4 Å². The first kappa shape index (κ1) is 28.2. The molecule has 9 nitrogen and oxygen atoms in total. The molecule has 40 heavy (non-hydrogen) atoms. The number of nitrogens with zero attached hydrogens (tertiary/aromatic N) is 2. The van der Waals surface area contributed by atoms with Crippen molar-refractivity contribution in [3.05, 3.63) is 106 Å². The van der Waals surface area contributed by atoms with Crippen LogP contribution in [0.15, 0.2) is 83.7 Å². The minimum absolute atomic E-state index is 0.141. The Kier molecular flexibility index (Phi) is 8.73. The van der Waals surface area contributed by atoms with Gasteiger partial charge in [-0.2, -0.15) is 0 Å². The third kappa shape index (κ3) is 6.26. The van der Waals surface area contributed by atoms with Crippen LogP contribution < -0.4 is 16.2 Å². The molecule has 0 aliphatic carbocycles. The van der Waals surface area contributed by atoms with E-state index in [1.807, 2.05) is 85.8 Å². The molecule has 0 aliphatic rings. The second-order valence-electron chi connectivity index (χ2n) is 9.63. The lowest BCUT2D eigenvalue weighted by atomic mass is 9.96. The van der Waals surface area contributed by atoms with E-state index in [9.17, 15) is 19.5 Å². The number of rotatable bonds is 10. The van der Waals surface area contributed by atoms with Crippen LogP contribution in [0.3, 0.4) is 0 Å². The van der Waals surface area contributed by atoms with E-state index in [4.69, 9.17) is 4.74 Å². The molecule has 208 valence electrons. The van der Waals surface area contributed by atoms with E-state index >= 15 is 0 Å². The number of aliphatic carboxylic acids is 1. The summed E-state index contributed by atoms with van der Waals surface area (Å²) in [6, 6.07) is 24.5. The van der Waals surface area contributed by atoms with Gasteiger partial charge in [-0.05, 0) is 42.2 Å². The van der Waals surface area contributed by atoms with Crippen molar-refractivity contribution in [2.75, 3.05) is 10.6 Å². The first-order valence-corrected chi connectivity index (χ1v) is 13.1. The number of anilines is 2. The Morgan fingerprint density at radius 2 is 1.60 bits per heavy atom. The summed E-state index contributed by atoms with van der Waals surface area (Å²) in [5.41, 5.74) is 4.54. The largest absolute Gasteiger partial charge is 0.481 e. The smallest absolute Gasteiger partial charge is 0.412 e. The molecule has 0 saturated heterocycles. The molecule has 4 aromatic rings. The maximum Gasteiger partial charge on any atom is 0.412 e. The molecule has 3 aromatic carbocycles. The molecular formula is C31H34N4O5. The minimum Gasteiger partial charge on any atom is -0.481 e. The second-order valence-corrected chi connectivity index (χ2v) is 9.63. The highest BCUT2D eigenvalue weighted by Crippen LogP contribution is 2.27. The van der Waals surface area contributed by atoms with Gasteiger partial charge in [-0.1, -0.05) is 73.7 Å². The Labute approximate surface area is 233 Å². The van der Waals surface area contributed by atoms with Crippen LogP contribution in [0.4, 0.5) is 16.2 Å². The first-order valence-electron chi connectivity index (χ1n) is 13.1. The third-order valence-corrected chi connectivity index (χ3v) is 7.02. The molecule has 1 amide bonds. The van der Waals surface area contributed by atoms with E-state index in [1.165, 1.54) is 4.68 Å². The van der Waals surface area contributed by atoms with Crippen molar-refractivity contribution in [1.82, 2.24) is 9.36 Å². The molecular weight excluding hydrogens is 508 g/mol. The fourth-order valence-electron chi connectivity index (χ4n) is 4.64. The molecule has 0 bridgehead atoms. The predicted molar refractivity (Wildman–Crippen MR) is 155 cm³/mol. The first-order chi connectivity index (χ1) is 19.2. The summed E-state index contributed by atoms with van der Waals surface area (Å²) < 4.78 is 8.63. The Hall–Kier alpha value is -4.79. The number of benzene rings is 3. The van der Waals surface area contributed by atoms with Crippen molar-refractivity contribution in [3.8, 4) is 11.3 Å². The van der Waals surface area contributed by atoms with Crippen molar-refractivity contribution in [2.45, 2.75) is 38.8 Å². The highest BCUT2D eigenvalue weighted by atomic mass is 16.6. The quantitative estimate of drug-likeness (QED) is 0.230. The van der Waals surface area contributed by atoms with Crippen molar-refractivity contribution < 1.29 is 19.4 Å². The molecule has 0 saturated carbocycles. The predicted octanol–water partition coefficient (Wildman–Crippen LogP) is 5.89. The normalized spacial score (nSPS) is 12.4. The van der Waals surface area contributed by atoms with Crippen molar-refractivity contribution in [2.24, 2.45) is 14.1 Å². The van der Waals surface area contributed by atoms with E-state index in [0.717, 1.165) is 27.9 Å². The van der Waals surface area contributed by atoms with Gasteiger partial charge in [0.1, 0.15) is 11.8 Å². The highest BCUT2D eigenvalue weighted by Gasteiger charge is 2.22. The van der Waals surface area contributed by atoms with Gasteiger partial charge in [-0.25, -0.2) is 4.79 Å². The van der Waals surface area contributed by atoms with E-state index < -0.39 is 24.1 Å². The topological polar surface area (TPSA) is 115 Å². The van der Waals surface area contributed by atoms with Crippen LogP contribution in [-0.4, -0.2) is 26.5 Å². The molecule has 0 aliphatic heterocycles. The van der Waals surface area contributed by atoms with Gasteiger partial charge in [0, 0.05) is 31.9 Å². The lowest BCUT2D eigenvalue weighted by Crippen LogP contribution is -2.22. The summed E-state index contributed by atoms with van der Waals surface area (Å²) in [6.45, 7) is 4.16. The number of carboxylic acids is 1. The zero-order valence-electron chi connectivity index (χ0n) is 23.0. The van der Waals surface area contributed by atoms with Gasteiger partial charge < -0.3 is 15.2 Å². The average Bonchev–Trinajstić information content (AvgIpc) is 3.16. The van der Waals surface area contributed by atoms with Crippen LogP contribution in [-0.2, 0) is 30.2 Å². The third-order valence-electron chi connectivity index (χ3n) is 7.02. The number of hydrogen-bond acceptors (Lipinski definition) is 5. The van der Waals surface area contributed by atoms with Gasteiger partial charge in [0.15, 0.2) is 0 Å². The fraction of sp³-hybridized carbons (Fsp3) is 0.258. The van der Waals surface area contributed by atoms with Gasteiger partial charge >= 0.3 is 12.1 Å². The monoisotopic (exact) mass is 542 g/mol. The molecule has 1 aromatic heterocycles. The molecule has 3 N–H and O–H groups in total. The maximum atomic E-state index is 13.0. The molecule has 4 rings (SSSR count). The molecule has 9 heteroatoms. The fourth-order valence-corrected chi connectivity index (χ4v) is 4.64. The summed E-state index contributed by atoms with van der Waals surface area (Å²) in [5, 5.41) is 15.5. The number of carbonyl (C=O) groups excluding carboxylic acids is 1. The Balaban J connectivity index is 1.48. The summed E-state index contributed by atoms with van der Waals surface area (Å²) in [4.78, 5) is 37.2. The number of carboxylic acid groups (broad SMARTS) is 1. The molecule has 0 radical (unpaired) electrons. The Bertz CT molecular complexity index is 1540. The number of carbonyl (C=O) groups is 2. The van der Waals surface area contributed by atoms with Gasteiger partial charge in [0.2, 0.25) is 0 Å². The Morgan fingerprint density at radius 3 is 2.25 bits per heavy atom. The maximum absolute atomic E-state index is 13.0. The number of hydrogen-bond donors (Lipinski definition) is 3. The van der Waals surface area contributed by atoms with Crippen LogP contribution in [0.1, 0.15) is 49.0 Å². The van der Waals surface area contributed by atoms with Crippen molar-refractivity contribution in [3.63, 3.8) is 0 Å². The minimum atomic E-state index is -0.835. The average molecular weight is 543 g/mol. The standard InChI is InChI=1S/C31H34N4O5/c1-5-26(30(37)38)24-12-9-13-25(18-24)32-19-21-14-16-23(17-15-21)28-27(29(36)35(4)34(28)3)33-31(39)40-20(2)22-10-7-6-8-11-22/h6-18,20,26,32H,5,19H2,1-4H3,(H,33,39)(H,37,38). The number of amides is 1. The van der Waals surface area contributed by atoms with Crippen LogP contribution in [0.5, 0.6) is 0 Å². The second kappa shape index (κ2) is 12.4. The lowest BCUT2D eigenvalue weighted by Gasteiger charge is -2.15. The summed E-state index contributed by atoms with van der Waals surface area (Å²) >= 11 is 0. The van der Waals surface area contributed by atoms with Crippen molar-refractivity contribution in [1.29, 1.82) is 0 Å². The number of ether oxygens (including phenoxy) is 1. The van der Waals surface area contributed by atoms with Crippen LogP contribution >= 0.6 is 0 Å². The molecule has 2 atom stereocenters. The zero-order valence-corrected chi connectivity index (χ0v) is 23.0. The molecule has 2 unspecified atom stereocenters. The Morgan fingerprint density at radius 1 is 0.925 bits per heavy atom. The molecule has 0 spiro atoms. The lowest BCUT2D eigenvalue weighted by molar-refractivity contribution is -0.138. The van der Waals surface area contributed by atoms with E-state index in [1.54, 1.807) is 25.7 Å². The summed E-state index contributed by atoms with van der Waals surface area (Å²) in [5.74, 6) is -1.38. The van der Waals surface area contributed by atoms with Gasteiger partial charge in [-0.3, -0.25) is 24.3 Å². The molecule has 0 fully saturated rings. The highest BCUT2D eigenvalue weighted by molar-refractivity contribution is 5.90. The van der Waals surface area contributed by atoms with Crippen LogP contribution in [0, 0.1) is 0 Å². The van der Waals surface area contributed by atoms with E-state index in [0.29, 0.717) is 18.7 Å². The van der Waals surface area contributed by atoms with E-state index in [-0.39, 0.29) is 11.2 Å². The van der Waals surface area contributed by atoms with Crippen LogP contribution in [0.2, 0.25) is 0 Å². The van der Waals surface area contributed by atoms with Crippen LogP contribution in [0.25, 0.3) is 11.3 Å². The number of nitrogens with one attached hydrogen (secondary N) is 2. The summed E-state index contributed by atoms with van der Waals surface area (Å²) in [6.07, 6.45) is -0.679. The van der Waals surface area contributed by atoms with Gasteiger partial charge in [0.05, 0.1) is 11.6 Å². The van der Waals surface area contributed by atoms with Gasteiger partial charge in [-0.15, -0.1) is 0 Å². The van der Waals surface area contributed by atoms with Gasteiger partial charge in [0.25, 0.3) is 5.56 Å². The zero-order chi connectivity index (χ0) is 28.8. The summed E-state index contributed by atoms with van der Waals surface area (Å²) in [7, 11) is 3.39. The number of aromatic nitrogens is 2. The molecule has 1 heterocycles.